The van der Waals surface area contributed by atoms with E-state index in [9.17, 15) is 4.79 Å². The molecule has 0 aromatic carbocycles. The van der Waals surface area contributed by atoms with Gasteiger partial charge in [0.15, 0.2) is 0 Å². The number of amides is 1. The number of hydrogen-bond acceptors (Lipinski definition) is 4. The van der Waals surface area contributed by atoms with Crippen molar-refractivity contribution in [3.63, 3.8) is 0 Å². The number of ether oxygens (including phenoxy) is 1. The highest BCUT2D eigenvalue weighted by Gasteiger charge is 2.33. The molecule has 0 aromatic rings. The zero-order chi connectivity index (χ0) is 12.7. The Balaban J connectivity index is 2.28. The van der Waals surface area contributed by atoms with Gasteiger partial charge in [0.2, 0.25) is 0 Å². The molecule has 1 fully saturated rings. The lowest BCUT2D eigenvalue weighted by Gasteiger charge is -2.18. The van der Waals surface area contributed by atoms with Gasteiger partial charge in [0.25, 0.3) is 5.91 Å². The van der Waals surface area contributed by atoms with Crippen molar-refractivity contribution in [2.75, 3.05) is 26.4 Å². The van der Waals surface area contributed by atoms with Crippen LogP contribution in [-0.2, 0) is 14.4 Å². The van der Waals surface area contributed by atoms with Gasteiger partial charge in [0.1, 0.15) is 0 Å². The first kappa shape index (κ1) is 14.4. The van der Waals surface area contributed by atoms with E-state index in [1.807, 2.05) is 13.8 Å². The molecule has 5 nitrogen and oxygen atoms in total. The Hall–Kier alpha value is -0.650. The van der Waals surface area contributed by atoms with Crippen LogP contribution in [0.2, 0.25) is 0 Å². The van der Waals surface area contributed by atoms with Gasteiger partial charge in [-0.3, -0.25) is 9.63 Å². The van der Waals surface area contributed by atoms with Crippen molar-refractivity contribution in [3.05, 3.63) is 0 Å². The molecule has 1 heterocycles. The minimum atomic E-state index is -0.145. The lowest BCUT2D eigenvalue weighted by Crippen LogP contribution is -2.44. The minimum absolute atomic E-state index is 0.0863. The maximum atomic E-state index is 11.8. The lowest BCUT2D eigenvalue weighted by molar-refractivity contribution is -0.139. The standard InChI is InChI=1S/C12H24N2O3/c1-4-5-13-11-8-16-7-10(11)12(15)14-17-6-9(2)3/h9-11,13H,4-8H2,1-3H3,(H,14,15). The van der Waals surface area contributed by atoms with Crippen molar-refractivity contribution >= 4 is 5.91 Å². The van der Waals surface area contributed by atoms with Gasteiger partial charge in [-0.25, -0.2) is 5.48 Å². The Morgan fingerprint density at radius 2 is 2.24 bits per heavy atom. The minimum Gasteiger partial charge on any atom is -0.379 e. The molecule has 0 radical (unpaired) electrons. The number of hydroxylamine groups is 1. The van der Waals surface area contributed by atoms with Crippen LogP contribution < -0.4 is 10.8 Å². The largest absolute Gasteiger partial charge is 0.379 e. The Kier molecular flexibility index (Phi) is 6.47. The number of hydrogen-bond donors (Lipinski definition) is 2. The summed E-state index contributed by atoms with van der Waals surface area (Å²) < 4.78 is 5.34. The molecule has 0 aromatic heterocycles. The van der Waals surface area contributed by atoms with Gasteiger partial charge in [0, 0.05) is 6.04 Å². The normalized spacial score (nSPS) is 24.2. The summed E-state index contributed by atoms with van der Waals surface area (Å²) in [7, 11) is 0. The molecule has 1 aliphatic heterocycles. The van der Waals surface area contributed by atoms with Crippen molar-refractivity contribution in [2.24, 2.45) is 11.8 Å². The second kappa shape index (κ2) is 7.63. The summed E-state index contributed by atoms with van der Waals surface area (Å²) in [6, 6.07) is 0.109. The second-order valence-corrected chi connectivity index (χ2v) is 4.88. The summed E-state index contributed by atoms with van der Waals surface area (Å²) >= 11 is 0. The van der Waals surface area contributed by atoms with Gasteiger partial charge in [0.05, 0.1) is 25.7 Å². The van der Waals surface area contributed by atoms with E-state index in [2.05, 4.69) is 17.7 Å². The molecular formula is C12H24N2O3. The molecule has 5 heteroatoms. The van der Waals surface area contributed by atoms with Crippen LogP contribution in [0.5, 0.6) is 0 Å². The number of rotatable bonds is 7. The topological polar surface area (TPSA) is 59.6 Å². The summed E-state index contributed by atoms with van der Waals surface area (Å²) in [6.45, 7) is 8.69. The first-order valence-corrected chi connectivity index (χ1v) is 6.38. The number of carbonyl (C=O) groups excluding carboxylic acids is 1. The maximum Gasteiger partial charge on any atom is 0.250 e. The molecule has 0 spiro atoms. The van der Waals surface area contributed by atoms with E-state index < -0.39 is 0 Å². The molecule has 0 aliphatic carbocycles. The van der Waals surface area contributed by atoms with E-state index in [1.165, 1.54) is 0 Å². The van der Waals surface area contributed by atoms with Crippen molar-refractivity contribution in [1.29, 1.82) is 0 Å². The zero-order valence-corrected chi connectivity index (χ0v) is 11.0. The zero-order valence-electron chi connectivity index (χ0n) is 11.0. The van der Waals surface area contributed by atoms with E-state index in [4.69, 9.17) is 9.57 Å². The summed E-state index contributed by atoms with van der Waals surface area (Å²) in [5, 5.41) is 3.32. The first-order chi connectivity index (χ1) is 8.15. The Labute approximate surface area is 103 Å². The van der Waals surface area contributed by atoms with Crippen LogP contribution in [0.25, 0.3) is 0 Å². The molecule has 17 heavy (non-hydrogen) atoms. The molecule has 0 saturated carbocycles. The van der Waals surface area contributed by atoms with Gasteiger partial charge in [-0.05, 0) is 18.9 Å². The van der Waals surface area contributed by atoms with Gasteiger partial charge in [-0.2, -0.15) is 0 Å². The van der Waals surface area contributed by atoms with Crippen LogP contribution in [0.1, 0.15) is 27.2 Å². The molecule has 1 aliphatic rings. The van der Waals surface area contributed by atoms with Crippen molar-refractivity contribution in [1.82, 2.24) is 10.8 Å². The average Bonchev–Trinajstić information content (AvgIpc) is 2.73. The van der Waals surface area contributed by atoms with Crippen molar-refractivity contribution in [2.45, 2.75) is 33.2 Å². The predicted octanol–water partition coefficient (Wildman–Crippen LogP) is 0.705. The fourth-order valence-electron chi connectivity index (χ4n) is 1.70. The van der Waals surface area contributed by atoms with Crippen LogP contribution in [0.15, 0.2) is 0 Å². The third-order valence-corrected chi connectivity index (χ3v) is 2.66. The highest BCUT2D eigenvalue weighted by atomic mass is 16.7. The third-order valence-electron chi connectivity index (χ3n) is 2.66. The van der Waals surface area contributed by atoms with Gasteiger partial charge >= 0.3 is 0 Å². The fraction of sp³-hybridized carbons (Fsp3) is 0.917. The predicted molar refractivity (Wildman–Crippen MR) is 65.3 cm³/mol. The second-order valence-electron chi connectivity index (χ2n) is 4.88. The summed E-state index contributed by atoms with van der Waals surface area (Å²) in [5.41, 5.74) is 2.50. The first-order valence-electron chi connectivity index (χ1n) is 6.38. The average molecular weight is 244 g/mol. The van der Waals surface area contributed by atoms with Crippen molar-refractivity contribution < 1.29 is 14.4 Å². The molecule has 2 atom stereocenters. The SMILES string of the molecule is CCCNC1COCC1C(=O)NOCC(C)C. The van der Waals surface area contributed by atoms with Gasteiger partial charge < -0.3 is 10.1 Å². The molecule has 2 unspecified atom stereocenters. The van der Waals surface area contributed by atoms with Crippen LogP contribution in [0.4, 0.5) is 0 Å². The fourth-order valence-corrected chi connectivity index (χ4v) is 1.70. The summed E-state index contributed by atoms with van der Waals surface area (Å²) in [6.07, 6.45) is 1.05. The third kappa shape index (κ3) is 5.02. The number of carbonyl (C=O) groups is 1. The maximum absolute atomic E-state index is 11.8. The van der Waals surface area contributed by atoms with Gasteiger partial charge in [-0.1, -0.05) is 20.8 Å². The molecule has 0 bridgehead atoms. The van der Waals surface area contributed by atoms with E-state index in [0.717, 1.165) is 13.0 Å². The monoisotopic (exact) mass is 244 g/mol. The van der Waals surface area contributed by atoms with Crippen LogP contribution in [-0.4, -0.2) is 38.3 Å². The van der Waals surface area contributed by atoms with Crippen LogP contribution >= 0.6 is 0 Å². The number of nitrogens with one attached hydrogen (secondary N) is 2. The molecular weight excluding hydrogens is 220 g/mol. The molecule has 1 amide bonds. The smallest absolute Gasteiger partial charge is 0.250 e. The Morgan fingerprint density at radius 1 is 1.47 bits per heavy atom. The molecule has 2 N–H and O–H groups in total. The molecule has 1 saturated heterocycles. The summed E-state index contributed by atoms with van der Waals surface area (Å²) in [4.78, 5) is 17.0. The van der Waals surface area contributed by atoms with Crippen LogP contribution in [0, 0.1) is 11.8 Å². The molecule has 100 valence electrons. The van der Waals surface area contributed by atoms with Crippen LogP contribution in [0.3, 0.4) is 0 Å². The quantitative estimate of drug-likeness (QED) is 0.647. The van der Waals surface area contributed by atoms with E-state index in [-0.39, 0.29) is 17.9 Å². The highest BCUT2D eigenvalue weighted by molar-refractivity contribution is 5.78. The highest BCUT2D eigenvalue weighted by Crippen LogP contribution is 2.13. The van der Waals surface area contributed by atoms with Gasteiger partial charge in [-0.15, -0.1) is 0 Å². The molecule has 1 rings (SSSR count). The van der Waals surface area contributed by atoms with Crippen molar-refractivity contribution in [3.8, 4) is 0 Å². The van der Waals surface area contributed by atoms with E-state index in [1.54, 1.807) is 0 Å². The lowest BCUT2D eigenvalue weighted by atomic mass is 10.0. The van der Waals surface area contributed by atoms with E-state index >= 15 is 0 Å². The summed E-state index contributed by atoms with van der Waals surface area (Å²) in [5.74, 6) is 0.176. The van der Waals surface area contributed by atoms with E-state index in [0.29, 0.717) is 25.7 Å². The Bertz CT molecular complexity index is 234. The Morgan fingerprint density at radius 3 is 2.88 bits per heavy atom.